The topological polar surface area (TPSA) is 82.5 Å². The first-order valence-corrected chi connectivity index (χ1v) is 6.72. The van der Waals surface area contributed by atoms with Crippen LogP contribution in [0.1, 0.15) is 18.9 Å². The molecule has 2 aromatic heterocycles. The molecule has 2 aromatic rings. The lowest BCUT2D eigenvalue weighted by atomic mass is 10.4. The Morgan fingerprint density at radius 1 is 1.47 bits per heavy atom. The number of nitrogen functional groups attached to an aromatic ring is 1. The lowest BCUT2D eigenvalue weighted by molar-refractivity contribution is 0.565. The van der Waals surface area contributed by atoms with Crippen LogP contribution in [0.4, 0.5) is 5.69 Å². The minimum atomic E-state index is 0.448. The summed E-state index contributed by atoms with van der Waals surface area (Å²) in [4.78, 5) is 4.26. The Balaban J connectivity index is 1.88. The molecular formula is C9H9BrN6S. The number of pyridine rings is 1. The normalized spacial score (nSPS) is 15.1. The van der Waals surface area contributed by atoms with Crippen molar-refractivity contribution in [2.24, 2.45) is 0 Å². The van der Waals surface area contributed by atoms with Crippen molar-refractivity contribution in [2.75, 3.05) is 5.73 Å². The van der Waals surface area contributed by atoms with Gasteiger partial charge in [-0.2, -0.15) is 0 Å². The Labute approximate surface area is 110 Å². The van der Waals surface area contributed by atoms with Gasteiger partial charge in [-0.15, -0.1) is 5.10 Å². The molecule has 1 fully saturated rings. The van der Waals surface area contributed by atoms with Gasteiger partial charge in [-0.05, 0) is 57.0 Å². The van der Waals surface area contributed by atoms with Crippen LogP contribution in [0.5, 0.6) is 0 Å². The van der Waals surface area contributed by atoms with Crippen LogP contribution in [0.2, 0.25) is 0 Å². The molecule has 0 saturated heterocycles. The molecule has 6 nitrogen and oxygen atoms in total. The Morgan fingerprint density at radius 2 is 2.29 bits per heavy atom. The first-order chi connectivity index (χ1) is 8.24. The van der Waals surface area contributed by atoms with Gasteiger partial charge < -0.3 is 5.73 Å². The van der Waals surface area contributed by atoms with Crippen molar-refractivity contribution in [2.45, 2.75) is 29.1 Å². The van der Waals surface area contributed by atoms with Crippen LogP contribution in [-0.4, -0.2) is 25.2 Å². The van der Waals surface area contributed by atoms with E-state index in [1.54, 1.807) is 6.20 Å². The van der Waals surface area contributed by atoms with Crippen molar-refractivity contribution < 1.29 is 0 Å². The fourth-order valence-electron chi connectivity index (χ4n) is 1.42. The second kappa shape index (κ2) is 4.26. The fraction of sp³-hybridized carbons (Fsp3) is 0.333. The van der Waals surface area contributed by atoms with Gasteiger partial charge in [0.25, 0.3) is 0 Å². The lowest BCUT2D eigenvalue weighted by Crippen LogP contribution is -1.99. The lowest BCUT2D eigenvalue weighted by Gasteiger charge is -2.04. The zero-order valence-electron chi connectivity index (χ0n) is 8.75. The Kier molecular flexibility index (Phi) is 2.75. The molecule has 1 aliphatic rings. The molecule has 0 bridgehead atoms. The van der Waals surface area contributed by atoms with Crippen molar-refractivity contribution >= 4 is 33.4 Å². The van der Waals surface area contributed by atoms with E-state index >= 15 is 0 Å². The number of nitrogens with zero attached hydrogens (tertiary/aromatic N) is 5. The van der Waals surface area contributed by atoms with Crippen LogP contribution in [-0.2, 0) is 0 Å². The Morgan fingerprint density at radius 3 is 3.00 bits per heavy atom. The monoisotopic (exact) mass is 312 g/mol. The summed E-state index contributed by atoms with van der Waals surface area (Å²) in [7, 11) is 0. The quantitative estimate of drug-likeness (QED) is 0.932. The predicted molar refractivity (Wildman–Crippen MR) is 66.6 cm³/mol. The van der Waals surface area contributed by atoms with E-state index in [9.17, 15) is 0 Å². The molecule has 0 spiro atoms. The third kappa shape index (κ3) is 2.27. The molecule has 3 rings (SSSR count). The molecule has 2 N–H and O–H groups in total. The highest BCUT2D eigenvalue weighted by Gasteiger charge is 2.28. The fourth-order valence-corrected chi connectivity index (χ4v) is 2.58. The average molecular weight is 313 g/mol. The van der Waals surface area contributed by atoms with Crippen LogP contribution < -0.4 is 5.73 Å². The molecule has 0 amide bonds. The van der Waals surface area contributed by atoms with E-state index in [1.165, 1.54) is 11.8 Å². The Bertz CT molecular complexity index is 552. The minimum absolute atomic E-state index is 0.448. The maximum absolute atomic E-state index is 5.89. The summed E-state index contributed by atoms with van der Waals surface area (Å²) in [5.41, 5.74) is 6.51. The van der Waals surface area contributed by atoms with Gasteiger partial charge in [0.1, 0.15) is 5.03 Å². The number of tetrazole rings is 1. The van der Waals surface area contributed by atoms with Crippen molar-refractivity contribution in [3.63, 3.8) is 0 Å². The molecule has 8 heteroatoms. The molecular weight excluding hydrogens is 304 g/mol. The molecule has 1 aliphatic carbocycles. The summed E-state index contributed by atoms with van der Waals surface area (Å²) in [5, 5.41) is 13.1. The van der Waals surface area contributed by atoms with E-state index in [1.807, 2.05) is 10.7 Å². The summed E-state index contributed by atoms with van der Waals surface area (Å²) < 4.78 is 2.70. The van der Waals surface area contributed by atoms with Crippen molar-refractivity contribution in [1.29, 1.82) is 0 Å². The van der Waals surface area contributed by atoms with E-state index < -0.39 is 0 Å². The molecule has 0 atom stereocenters. The van der Waals surface area contributed by atoms with E-state index in [2.05, 4.69) is 36.4 Å². The van der Waals surface area contributed by atoms with Gasteiger partial charge in [-0.3, -0.25) is 0 Å². The number of aromatic nitrogens is 5. The van der Waals surface area contributed by atoms with Crippen molar-refractivity contribution in [3.05, 3.63) is 16.7 Å². The van der Waals surface area contributed by atoms with Gasteiger partial charge in [0, 0.05) is 10.7 Å². The summed E-state index contributed by atoms with van der Waals surface area (Å²) in [6.45, 7) is 0. The standard InChI is InChI=1S/C9H9BrN6S/c10-5-3-7(11)8(12-4-5)17-9-13-14-15-16(9)6-1-2-6/h3-4,6H,1-2,11H2. The zero-order valence-corrected chi connectivity index (χ0v) is 11.1. The predicted octanol–water partition coefficient (Wildman–Crippen LogP) is 1.90. The second-order valence-corrected chi connectivity index (χ2v) is 5.66. The van der Waals surface area contributed by atoms with E-state index in [0.717, 1.165) is 27.5 Å². The largest absolute Gasteiger partial charge is 0.396 e. The molecule has 88 valence electrons. The summed E-state index contributed by atoms with van der Waals surface area (Å²) in [6.07, 6.45) is 3.99. The van der Waals surface area contributed by atoms with Gasteiger partial charge in [0.15, 0.2) is 0 Å². The van der Waals surface area contributed by atoms with E-state index in [-0.39, 0.29) is 0 Å². The minimum Gasteiger partial charge on any atom is -0.396 e. The Hall–Kier alpha value is -1.15. The highest BCUT2D eigenvalue weighted by molar-refractivity contribution is 9.10. The zero-order chi connectivity index (χ0) is 11.8. The van der Waals surface area contributed by atoms with Gasteiger partial charge >= 0.3 is 0 Å². The molecule has 0 radical (unpaired) electrons. The smallest absolute Gasteiger partial charge is 0.215 e. The number of nitrogens with two attached hydrogens (primary N) is 1. The van der Waals surface area contributed by atoms with Crippen LogP contribution in [0.15, 0.2) is 26.9 Å². The number of halogens is 1. The third-order valence-electron chi connectivity index (χ3n) is 2.39. The second-order valence-electron chi connectivity index (χ2n) is 3.79. The van der Waals surface area contributed by atoms with Crippen molar-refractivity contribution in [1.82, 2.24) is 25.2 Å². The number of hydrogen-bond acceptors (Lipinski definition) is 6. The highest BCUT2D eigenvalue weighted by Crippen LogP contribution is 2.38. The van der Waals surface area contributed by atoms with E-state index in [4.69, 9.17) is 5.73 Å². The average Bonchev–Trinajstić information content (AvgIpc) is 3.03. The molecule has 0 aliphatic heterocycles. The summed E-state index contributed by atoms with van der Waals surface area (Å²) >= 11 is 4.72. The van der Waals surface area contributed by atoms with Crippen LogP contribution in [0.3, 0.4) is 0 Å². The van der Waals surface area contributed by atoms with Crippen LogP contribution >= 0.6 is 27.7 Å². The van der Waals surface area contributed by atoms with Crippen LogP contribution in [0, 0.1) is 0 Å². The maximum atomic E-state index is 5.89. The number of anilines is 1. The molecule has 0 unspecified atom stereocenters. The summed E-state index contributed by atoms with van der Waals surface area (Å²) in [6, 6.07) is 2.27. The highest BCUT2D eigenvalue weighted by atomic mass is 79.9. The van der Waals surface area contributed by atoms with Gasteiger partial charge in [-0.1, -0.05) is 0 Å². The number of hydrogen-bond donors (Lipinski definition) is 1. The maximum Gasteiger partial charge on any atom is 0.215 e. The van der Waals surface area contributed by atoms with Gasteiger partial charge in [0.2, 0.25) is 5.16 Å². The van der Waals surface area contributed by atoms with Gasteiger partial charge in [0.05, 0.1) is 11.7 Å². The third-order valence-corrected chi connectivity index (χ3v) is 3.81. The first-order valence-electron chi connectivity index (χ1n) is 5.11. The SMILES string of the molecule is Nc1cc(Br)cnc1Sc1nnnn1C1CC1. The van der Waals surface area contributed by atoms with E-state index in [0.29, 0.717) is 11.7 Å². The van der Waals surface area contributed by atoms with Crippen molar-refractivity contribution in [3.8, 4) is 0 Å². The van der Waals surface area contributed by atoms with Crippen LogP contribution in [0.25, 0.3) is 0 Å². The molecule has 1 saturated carbocycles. The molecule has 2 heterocycles. The number of rotatable bonds is 3. The molecule has 0 aromatic carbocycles. The first kappa shape index (κ1) is 11.0. The molecule has 17 heavy (non-hydrogen) atoms. The summed E-state index contributed by atoms with van der Waals surface area (Å²) in [5.74, 6) is 0. The van der Waals surface area contributed by atoms with Gasteiger partial charge in [-0.25, -0.2) is 9.67 Å².